The Kier molecular flexibility index (Phi) is 4.73. The fourth-order valence-corrected chi connectivity index (χ4v) is 1.74. The van der Waals surface area contributed by atoms with Crippen molar-refractivity contribution in [2.24, 2.45) is 5.73 Å². The lowest BCUT2D eigenvalue weighted by atomic mass is 10.1. The van der Waals surface area contributed by atoms with Gasteiger partial charge in [0.15, 0.2) is 0 Å². The third kappa shape index (κ3) is 3.86. The second kappa shape index (κ2) is 6.77. The molecular formula is C15H18N2O. The highest BCUT2D eigenvalue weighted by Gasteiger charge is 1.97. The molecule has 0 aliphatic rings. The number of pyridine rings is 1. The van der Waals surface area contributed by atoms with Crippen LogP contribution in [0.4, 0.5) is 0 Å². The molecule has 2 aromatic rings. The highest BCUT2D eigenvalue weighted by atomic mass is 16.5. The van der Waals surface area contributed by atoms with E-state index >= 15 is 0 Å². The van der Waals surface area contributed by atoms with E-state index in [0.29, 0.717) is 13.2 Å². The highest BCUT2D eigenvalue weighted by Crippen LogP contribution is 2.12. The van der Waals surface area contributed by atoms with Crippen molar-refractivity contribution in [3.63, 3.8) is 0 Å². The maximum absolute atomic E-state index is 5.67. The van der Waals surface area contributed by atoms with Crippen LogP contribution in [0.2, 0.25) is 0 Å². The second-order valence-corrected chi connectivity index (χ2v) is 4.10. The number of hydrogen-bond donors (Lipinski definition) is 1. The van der Waals surface area contributed by atoms with Gasteiger partial charge in [0.1, 0.15) is 5.75 Å². The van der Waals surface area contributed by atoms with Crippen molar-refractivity contribution < 1.29 is 4.74 Å². The smallest absolute Gasteiger partial charge is 0.119 e. The quantitative estimate of drug-likeness (QED) is 0.844. The van der Waals surface area contributed by atoms with Crippen molar-refractivity contribution in [2.45, 2.75) is 12.8 Å². The Labute approximate surface area is 108 Å². The summed E-state index contributed by atoms with van der Waals surface area (Å²) in [6.45, 7) is 1.33. The number of aromatic nitrogens is 1. The van der Waals surface area contributed by atoms with E-state index in [1.54, 1.807) is 6.20 Å². The lowest BCUT2D eigenvalue weighted by molar-refractivity contribution is 0.320. The van der Waals surface area contributed by atoms with E-state index in [-0.39, 0.29) is 0 Å². The van der Waals surface area contributed by atoms with Crippen LogP contribution in [0.1, 0.15) is 11.3 Å². The number of benzene rings is 1. The van der Waals surface area contributed by atoms with E-state index in [1.165, 1.54) is 5.56 Å². The molecule has 2 N–H and O–H groups in total. The highest BCUT2D eigenvalue weighted by molar-refractivity contribution is 5.27. The number of nitrogens with two attached hydrogens (primary N) is 1. The predicted molar refractivity (Wildman–Crippen MR) is 72.6 cm³/mol. The van der Waals surface area contributed by atoms with Crippen LogP contribution in [0.25, 0.3) is 0 Å². The molecule has 94 valence electrons. The van der Waals surface area contributed by atoms with Crippen LogP contribution >= 0.6 is 0 Å². The third-order valence-electron chi connectivity index (χ3n) is 2.71. The van der Waals surface area contributed by atoms with Gasteiger partial charge in [-0.2, -0.15) is 0 Å². The molecule has 0 atom stereocenters. The topological polar surface area (TPSA) is 48.1 Å². The molecule has 1 aromatic carbocycles. The molecule has 0 amide bonds. The van der Waals surface area contributed by atoms with Crippen molar-refractivity contribution in [1.29, 1.82) is 0 Å². The van der Waals surface area contributed by atoms with Crippen LogP contribution < -0.4 is 10.5 Å². The fourth-order valence-electron chi connectivity index (χ4n) is 1.74. The van der Waals surface area contributed by atoms with Gasteiger partial charge in [0.2, 0.25) is 0 Å². The lowest BCUT2D eigenvalue weighted by Gasteiger charge is -2.06. The summed E-state index contributed by atoms with van der Waals surface area (Å²) in [4.78, 5) is 4.25. The van der Waals surface area contributed by atoms with Crippen LogP contribution in [0.5, 0.6) is 5.75 Å². The molecule has 3 nitrogen and oxygen atoms in total. The van der Waals surface area contributed by atoms with E-state index < -0.39 is 0 Å². The van der Waals surface area contributed by atoms with E-state index in [2.05, 4.69) is 17.1 Å². The Morgan fingerprint density at radius 1 is 1.00 bits per heavy atom. The molecule has 0 radical (unpaired) electrons. The zero-order valence-corrected chi connectivity index (χ0v) is 10.4. The standard InChI is InChI=1S/C15H18N2O/c16-10-8-13-4-6-15(7-5-13)18-12-9-14-3-1-2-11-17-14/h1-7,11H,8-10,12,16H2. The molecule has 0 saturated heterocycles. The Morgan fingerprint density at radius 3 is 2.50 bits per heavy atom. The Balaban J connectivity index is 1.80. The van der Waals surface area contributed by atoms with Crippen molar-refractivity contribution in [2.75, 3.05) is 13.2 Å². The first-order valence-corrected chi connectivity index (χ1v) is 6.20. The fraction of sp³-hybridized carbons (Fsp3) is 0.267. The molecule has 0 saturated carbocycles. The minimum absolute atomic E-state index is 0.646. The average molecular weight is 242 g/mol. The molecule has 3 heteroatoms. The maximum Gasteiger partial charge on any atom is 0.119 e. The summed E-state index contributed by atoms with van der Waals surface area (Å²) in [5.74, 6) is 0.895. The summed E-state index contributed by atoms with van der Waals surface area (Å²) in [5.41, 5.74) is 7.80. The van der Waals surface area contributed by atoms with Crippen LogP contribution in [-0.2, 0) is 12.8 Å². The molecular weight excluding hydrogens is 224 g/mol. The Bertz CT molecular complexity index is 454. The largest absolute Gasteiger partial charge is 0.493 e. The van der Waals surface area contributed by atoms with Crippen LogP contribution in [0.15, 0.2) is 48.7 Å². The summed E-state index contributed by atoms with van der Waals surface area (Å²) in [6.07, 6.45) is 3.54. The van der Waals surface area contributed by atoms with Crippen molar-refractivity contribution >= 4 is 0 Å². The van der Waals surface area contributed by atoms with E-state index in [4.69, 9.17) is 10.5 Å². The predicted octanol–water partition coefficient (Wildman–Crippen LogP) is 2.20. The third-order valence-corrected chi connectivity index (χ3v) is 2.71. The first-order valence-electron chi connectivity index (χ1n) is 6.20. The van der Waals surface area contributed by atoms with E-state index in [9.17, 15) is 0 Å². The molecule has 1 heterocycles. The number of hydrogen-bond acceptors (Lipinski definition) is 3. The SMILES string of the molecule is NCCc1ccc(OCCc2ccccn2)cc1. The van der Waals surface area contributed by atoms with Gasteiger partial charge in [0, 0.05) is 18.3 Å². The normalized spacial score (nSPS) is 10.3. The van der Waals surface area contributed by atoms with Crippen molar-refractivity contribution in [3.05, 3.63) is 59.9 Å². The van der Waals surface area contributed by atoms with Gasteiger partial charge in [-0.15, -0.1) is 0 Å². The van der Waals surface area contributed by atoms with Crippen LogP contribution in [0.3, 0.4) is 0 Å². The molecule has 0 bridgehead atoms. The van der Waals surface area contributed by atoms with Gasteiger partial charge in [0.25, 0.3) is 0 Å². The Morgan fingerprint density at radius 2 is 1.83 bits per heavy atom. The zero-order valence-electron chi connectivity index (χ0n) is 10.4. The van der Waals surface area contributed by atoms with Gasteiger partial charge < -0.3 is 10.5 Å². The van der Waals surface area contributed by atoms with Crippen molar-refractivity contribution in [3.8, 4) is 5.75 Å². The molecule has 2 rings (SSSR count). The molecule has 0 aliphatic heterocycles. The van der Waals surface area contributed by atoms with Gasteiger partial charge in [0.05, 0.1) is 6.61 Å². The maximum atomic E-state index is 5.67. The first-order chi connectivity index (χ1) is 8.88. The molecule has 0 aliphatic carbocycles. The Hall–Kier alpha value is -1.87. The first kappa shape index (κ1) is 12.6. The second-order valence-electron chi connectivity index (χ2n) is 4.10. The van der Waals surface area contributed by atoms with Crippen molar-refractivity contribution in [1.82, 2.24) is 4.98 Å². The summed E-state index contributed by atoms with van der Waals surface area (Å²) >= 11 is 0. The molecule has 18 heavy (non-hydrogen) atoms. The van der Waals surface area contributed by atoms with Crippen LogP contribution in [-0.4, -0.2) is 18.1 Å². The zero-order chi connectivity index (χ0) is 12.6. The summed E-state index contributed by atoms with van der Waals surface area (Å²) in [7, 11) is 0. The molecule has 0 unspecified atom stereocenters. The lowest BCUT2D eigenvalue weighted by Crippen LogP contribution is -2.04. The number of rotatable bonds is 6. The van der Waals surface area contributed by atoms with Gasteiger partial charge >= 0.3 is 0 Å². The molecule has 0 fully saturated rings. The average Bonchev–Trinajstić information content (AvgIpc) is 2.42. The summed E-state index contributed by atoms with van der Waals surface area (Å²) in [6, 6.07) is 14.0. The van der Waals surface area contributed by atoms with E-state index in [1.807, 2.05) is 30.3 Å². The minimum atomic E-state index is 0.646. The molecule has 0 spiro atoms. The van der Waals surface area contributed by atoms with Gasteiger partial charge in [-0.1, -0.05) is 18.2 Å². The number of ether oxygens (including phenoxy) is 1. The van der Waals surface area contributed by atoms with Crippen LogP contribution in [0, 0.1) is 0 Å². The van der Waals surface area contributed by atoms with Gasteiger partial charge in [-0.25, -0.2) is 0 Å². The summed E-state index contributed by atoms with van der Waals surface area (Å²) in [5, 5.41) is 0. The van der Waals surface area contributed by atoms with E-state index in [0.717, 1.165) is 24.3 Å². The minimum Gasteiger partial charge on any atom is -0.493 e. The van der Waals surface area contributed by atoms with Gasteiger partial charge in [-0.05, 0) is 42.8 Å². The number of nitrogens with zero attached hydrogens (tertiary/aromatic N) is 1. The monoisotopic (exact) mass is 242 g/mol. The van der Waals surface area contributed by atoms with Gasteiger partial charge in [-0.3, -0.25) is 4.98 Å². The summed E-state index contributed by atoms with van der Waals surface area (Å²) < 4.78 is 5.67. The molecule has 1 aromatic heterocycles.